The lowest BCUT2D eigenvalue weighted by molar-refractivity contribution is -0.112. The first-order valence-corrected chi connectivity index (χ1v) is 5.19. The van der Waals surface area contributed by atoms with Crippen LogP contribution in [0.2, 0.25) is 0 Å². The third-order valence-corrected chi connectivity index (χ3v) is 2.20. The number of benzene rings is 2. The van der Waals surface area contributed by atoms with Crippen LogP contribution in [0.15, 0.2) is 59.6 Å². The Morgan fingerprint density at radius 2 is 1.53 bits per heavy atom. The average Bonchev–Trinajstić information content (AvgIpc) is 2.71. The van der Waals surface area contributed by atoms with Crippen molar-refractivity contribution in [2.24, 2.45) is 4.99 Å². The van der Waals surface area contributed by atoms with E-state index in [0.717, 1.165) is 10.6 Å². The van der Waals surface area contributed by atoms with Gasteiger partial charge in [-0.2, -0.15) is 0 Å². The van der Waals surface area contributed by atoms with Crippen LogP contribution in [0.3, 0.4) is 0 Å². The summed E-state index contributed by atoms with van der Waals surface area (Å²) in [5, 5.41) is 10.3. The highest BCUT2D eigenvalue weighted by Crippen LogP contribution is 2.02. The van der Waals surface area contributed by atoms with E-state index in [1.165, 1.54) is 6.08 Å². The van der Waals surface area contributed by atoms with E-state index < -0.39 is 0 Å². The van der Waals surface area contributed by atoms with Gasteiger partial charge in [0.05, 0.1) is 5.36 Å². The number of carbonyl (C=O) groups is 1. The molecule has 3 rings (SSSR count). The van der Waals surface area contributed by atoms with Crippen molar-refractivity contribution < 1.29 is 9.90 Å². The predicted octanol–water partition coefficient (Wildman–Crippen LogP) is 1.02. The van der Waals surface area contributed by atoms with Crippen molar-refractivity contribution >= 4 is 12.0 Å². The minimum Gasteiger partial charge on any atom is -0.508 e. The Bertz CT molecular complexity index is 596. The number of hydrogen-bond donors (Lipinski definition) is 1. The molecule has 3 nitrogen and oxygen atoms in total. The van der Waals surface area contributed by atoms with Crippen LogP contribution >= 0.6 is 0 Å². The van der Waals surface area contributed by atoms with Gasteiger partial charge in [-0.3, -0.25) is 4.79 Å². The third-order valence-electron chi connectivity index (χ3n) is 2.20. The maximum Gasteiger partial charge on any atom is 0.270 e. The summed E-state index contributed by atoms with van der Waals surface area (Å²) in [6.07, 6.45) is 1.54. The summed E-state index contributed by atoms with van der Waals surface area (Å²) in [7, 11) is 0. The molecule has 0 saturated carbocycles. The normalized spacial score (nSPS) is 11.6. The zero-order valence-corrected chi connectivity index (χ0v) is 9.08. The van der Waals surface area contributed by atoms with Crippen LogP contribution < -0.4 is 10.6 Å². The molecule has 1 amide bonds. The summed E-state index contributed by atoms with van der Waals surface area (Å²) in [6.45, 7) is 0. The molecule has 2 aromatic carbocycles. The molecule has 0 bridgehead atoms. The highest BCUT2D eigenvalue weighted by molar-refractivity contribution is 6.06. The van der Waals surface area contributed by atoms with Gasteiger partial charge in [-0.1, -0.05) is 36.4 Å². The van der Waals surface area contributed by atoms with Crippen LogP contribution in [0.4, 0.5) is 0 Å². The van der Waals surface area contributed by atoms with Crippen molar-refractivity contribution in [2.75, 3.05) is 0 Å². The van der Waals surface area contributed by atoms with Gasteiger partial charge in [0, 0.05) is 11.3 Å². The summed E-state index contributed by atoms with van der Waals surface area (Å²) in [4.78, 5) is 14.4. The number of carbonyl (C=O) groups excluding carboxylic acids is 1. The molecule has 1 N–H and O–H groups in total. The van der Waals surface area contributed by atoms with E-state index in [1.807, 2.05) is 30.3 Å². The summed E-state index contributed by atoms with van der Waals surface area (Å²) >= 11 is 0. The molecule has 2 aromatic rings. The Labute approximate surface area is 98.4 Å². The molecule has 1 heterocycles. The molecule has 84 valence electrons. The van der Waals surface area contributed by atoms with E-state index in [0.29, 0.717) is 5.75 Å². The summed E-state index contributed by atoms with van der Waals surface area (Å²) in [6, 6.07) is 16.2. The lowest BCUT2D eigenvalue weighted by Crippen LogP contribution is -2.19. The molecule has 0 saturated heterocycles. The zero-order valence-electron chi connectivity index (χ0n) is 9.08. The molecule has 1 aliphatic heterocycles. The fourth-order valence-electron chi connectivity index (χ4n) is 1.42. The maximum atomic E-state index is 10.7. The van der Waals surface area contributed by atoms with Gasteiger partial charge >= 0.3 is 0 Å². The maximum absolute atomic E-state index is 10.7. The molecular formula is C14H11NO2. The Balaban J connectivity index is 0.000000136. The van der Waals surface area contributed by atoms with Crippen LogP contribution in [0, 0.1) is 0 Å². The Hall–Kier alpha value is -2.42. The van der Waals surface area contributed by atoms with Crippen LogP contribution in [0.25, 0.3) is 6.08 Å². The van der Waals surface area contributed by atoms with Gasteiger partial charge < -0.3 is 5.11 Å². The van der Waals surface area contributed by atoms with Crippen molar-refractivity contribution in [3.05, 3.63) is 65.2 Å². The molecule has 0 unspecified atom stereocenters. The fraction of sp³-hybridized carbons (Fsp3) is 0. The second-order valence-corrected chi connectivity index (χ2v) is 3.49. The second-order valence-electron chi connectivity index (χ2n) is 3.49. The average molecular weight is 225 g/mol. The van der Waals surface area contributed by atoms with Gasteiger partial charge in [-0.15, -0.1) is 0 Å². The van der Waals surface area contributed by atoms with Crippen LogP contribution in [-0.4, -0.2) is 11.0 Å². The molecule has 1 aliphatic rings. The van der Waals surface area contributed by atoms with E-state index in [2.05, 4.69) is 4.99 Å². The van der Waals surface area contributed by atoms with Gasteiger partial charge in [0.2, 0.25) is 0 Å². The van der Waals surface area contributed by atoms with Crippen LogP contribution in [-0.2, 0) is 4.79 Å². The van der Waals surface area contributed by atoms with Crippen molar-refractivity contribution in [1.82, 2.24) is 0 Å². The molecule has 0 fully saturated rings. The van der Waals surface area contributed by atoms with E-state index in [4.69, 9.17) is 5.11 Å². The number of amides is 1. The van der Waals surface area contributed by atoms with Crippen molar-refractivity contribution in [1.29, 1.82) is 0 Å². The first-order chi connectivity index (χ1) is 8.25. The van der Waals surface area contributed by atoms with Crippen LogP contribution in [0.5, 0.6) is 5.75 Å². The van der Waals surface area contributed by atoms with E-state index in [-0.39, 0.29) is 5.91 Å². The van der Waals surface area contributed by atoms with Gasteiger partial charge in [-0.05, 0) is 18.2 Å². The number of nitrogens with zero attached hydrogens (tertiary/aromatic N) is 1. The minimum atomic E-state index is -0.152. The Kier molecular flexibility index (Phi) is 3.31. The lowest BCUT2D eigenvalue weighted by atomic mass is 10.3. The van der Waals surface area contributed by atoms with Crippen molar-refractivity contribution in [3.63, 3.8) is 0 Å². The molecule has 0 aliphatic carbocycles. The highest BCUT2D eigenvalue weighted by Gasteiger charge is 1.99. The lowest BCUT2D eigenvalue weighted by Gasteiger charge is -1.82. The summed E-state index contributed by atoms with van der Waals surface area (Å²) in [5.74, 6) is 0.170. The van der Waals surface area contributed by atoms with E-state index in [9.17, 15) is 4.79 Å². The molecular weight excluding hydrogens is 214 g/mol. The summed E-state index contributed by atoms with van der Waals surface area (Å²) in [5.41, 5.74) is 0. The largest absolute Gasteiger partial charge is 0.508 e. The number of para-hydroxylation sites is 2. The first-order valence-electron chi connectivity index (χ1n) is 5.19. The smallest absolute Gasteiger partial charge is 0.270 e. The molecule has 0 spiro atoms. The molecule has 0 aromatic heterocycles. The number of fused-ring (bicyclic) bond motifs is 1. The minimum absolute atomic E-state index is 0.152. The molecule has 0 radical (unpaired) electrons. The highest BCUT2D eigenvalue weighted by atomic mass is 16.3. The first kappa shape index (κ1) is 11.1. The van der Waals surface area contributed by atoms with Crippen molar-refractivity contribution in [2.45, 2.75) is 0 Å². The van der Waals surface area contributed by atoms with Crippen molar-refractivity contribution in [3.8, 4) is 5.75 Å². The quantitative estimate of drug-likeness (QED) is 0.727. The summed E-state index contributed by atoms with van der Waals surface area (Å²) < 4.78 is 0. The van der Waals surface area contributed by atoms with Gasteiger partial charge in [0.25, 0.3) is 5.91 Å². The number of rotatable bonds is 0. The Morgan fingerprint density at radius 1 is 0.882 bits per heavy atom. The zero-order chi connectivity index (χ0) is 12.1. The second kappa shape index (κ2) is 5.07. The van der Waals surface area contributed by atoms with E-state index in [1.54, 1.807) is 24.3 Å². The fourth-order valence-corrected chi connectivity index (χ4v) is 1.42. The number of phenols is 1. The van der Waals surface area contributed by atoms with Gasteiger partial charge in [0.1, 0.15) is 5.75 Å². The standard InChI is InChI=1S/C8H5NO.C6H6O/c10-8-5-6-3-1-2-4-7(6)9-8;7-6-4-2-1-3-5-6/h1-5H;1-5,7H. The van der Waals surface area contributed by atoms with Gasteiger partial charge in [-0.25, -0.2) is 4.99 Å². The number of hydrogen-bond acceptors (Lipinski definition) is 2. The molecule has 17 heavy (non-hydrogen) atoms. The van der Waals surface area contributed by atoms with E-state index >= 15 is 0 Å². The number of aromatic hydroxyl groups is 1. The SMILES string of the molecule is O=C1C=c2ccccc2=N1.Oc1ccccc1. The van der Waals surface area contributed by atoms with Crippen LogP contribution in [0.1, 0.15) is 0 Å². The topological polar surface area (TPSA) is 49.7 Å². The third kappa shape index (κ3) is 3.01. The molecule has 0 atom stereocenters. The Morgan fingerprint density at radius 3 is 2.12 bits per heavy atom. The number of phenolic OH excluding ortho intramolecular Hbond substituents is 1. The monoisotopic (exact) mass is 225 g/mol. The van der Waals surface area contributed by atoms with Gasteiger partial charge in [0.15, 0.2) is 0 Å². The predicted molar refractivity (Wildman–Crippen MR) is 64.8 cm³/mol. The molecule has 3 heteroatoms.